The molecule has 0 radical (unpaired) electrons. The lowest BCUT2D eigenvalue weighted by Crippen LogP contribution is -2.15. The van der Waals surface area contributed by atoms with Crippen LogP contribution in [0.1, 0.15) is 20.3 Å². The van der Waals surface area contributed by atoms with Crippen LogP contribution in [0.4, 0.5) is 0 Å². The molecule has 0 fully saturated rings. The standard InChI is InChI=1S/C7H13NO/c1-3-6(2)7-4-9-5-8-7/h5-7H,3-4H2,1-2H3. The van der Waals surface area contributed by atoms with E-state index < -0.39 is 0 Å². The van der Waals surface area contributed by atoms with Gasteiger partial charge in [0, 0.05) is 0 Å². The first-order valence-corrected chi connectivity index (χ1v) is 3.48. The van der Waals surface area contributed by atoms with Crippen LogP contribution in [0.5, 0.6) is 0 Å². The fourth-order valence-corrected chi connectivity index (χ4v) is 0.889. The highest BCUT2D eigenvalue weighted by Crippen LogP contribution is 2.13. The predicted octanol–water partition coefficient (Wildman–Crippen LogP) is 1.46. The normalized spacial score (nSPS) is 28.0. The van der Waals surface area contributed by atoms with Crippen LogP contribution in [0.25, 0.3) is 0 Å². The molecule has 0 spiro atoms. The molecule has 1 aliphatic rings. The Balaban J connectivity index is 2.33. The lowest BCUT2D eigenvalue weighted by molar-refractivity contribution is 0.289. The van der Waals surface area contributed by atoms with E-state index in [2.05, 4.69) is 18.8 Å². The number of hydrogen-bond donors (Lipinski definition) is 0. The molecule has 1 heterocycles. The predicted molar refractivity (Wildman–Crippen MR) is 37.7 cm³/mol. The lowest BCUT2D eigenvalue weighted by atomic mass is 10.0. The summed E-state index contributed by atoms with van der Waals surface area (Å²) in [5, 5.41) is 0. The SMILES string of the molecule is CCC(C)C1COC=N1. The number of nitrogens with zero attached hydrogens (tertiary/aromatic N) is 1. The zero-order valence-corrected chi connectivity index (χ0v) is 6.00. The van der Waals surface area contributed by atoms with Crippen LogP contribution in [-0.2, 0) is 4.74 Å². The Hall–Kier alpha value is -0.530. The third-order valence-electron chi connectivity index (χ3n) is 1.89. The number of ether oxygens (including phenoxy) is 1. The second-order valence-electron chi connectivity index (χ2n) is 2.54. The van der Waals surface area contributed by atoms with Crippen LogP contribution < -0.4 is 0 Å². The van der Waals surface area contributed by atoms with Crippen molar-refractivity contribution >= 4 is 6.40 Å². The van der Waals surface area contributed by atoms with Crippen LogP contribution in [-0.4, -0.2) is 19.0 Å². The molecule has 2 unspecified atom stereocenters. The molecule has 0 bridgehead atoms. The highest BCUT2D eigenvalue weighted by Gasteiger charge is 2.17. The van der Waals surface area contributed by atoms with E-state index in [-0.39, 0.29) is 0 Å². The van der Waals surface area contributed by atoms with E-state index >= 15 is 0 Å². The van der Waals surface area contributed by atoms with E-state index in [9.17, 15) is 0 Å². The van der Waals surface area contributed by atoms with Crippen molar-refractivity contribution in [3.63, 3.8) is 0 Å². The minimum atomic E-state index is 0.426. The summed E-state index contributed by atoms with van der Waals surface area (Å²) < 4.78 is 4.99. The Morgan fingerprint density at radius 1 is 1.89 bits per heavy atom. The van der Waals surface area contributed by atoms with Gasteiger partial charge in [0.25, 0.3) is 0 Å². The first-order chi connectivity index (χ1) is 4.34. The zero-order valence-electron chi connectivity index (χ0n) is 6.00. The summed E-state index contributed by atoms with van der Waals surface area (Å²) in [6.45, 7) is 5.17. The first-order valence-electron chi connectivity index (χ1n) is 3.48. The average molecular weight is 127 g/mol. The van der Waals surface area contributed by atoms with Gasteiger partial charge in [-0.3, -0.25) is 4.99 Å². The van der Waals surface area contributed by atoms with E-state index in [0.717, 1.165) is 6.61 Å². The van der Waals surface area contributed by atoms with Gasteiger partial charge in [0.1, 0.15) is 6.61 Å². The topological polar surface area (TPSA) is 21.6 Å². The van der Waals surface area contributed by atoms with Gasteiger partial charge < -0.3 is 4.74 Å². The summed E-state index contributed by atoms with van der Waals surface area (Å²) in [5.41, 5.74) is 0. The lowest BCUT2D eigenvalue weighted by Gasteiger charge is -2.11. The van der Waals surface area contributed by atoms with Gasteiger partial charge in [-0.1, -0.05) is 20.3 Å². The monoisotopic (exact) mass is 127 g/mol. The largest absolute Gasteiger partial charge is 0.481 e. The molecule has 1 aliphatic heterocycles. The number of hydrogen-bond acceptors (Lipinski definition) is 2. The maximum Gasteiger partial charge on any atom is 0.169 e. The molecule has 1 rings (SSSR count). The molecule has 0 saturated heterocycles. The molecular weight excluding hydrogens is 114 g/mol. The van der Waals surface area contributed by atoms with E-state index in [1.807, 2.05) is 0 Å². The summed E-state index contributed by atoms with van der Waals surface area (Å²) in [7, 11) is 0. The van der Waals surface area contributed by atoms with Crippen molar-refractivity contribution in [2.24, 2.45) is 10.9 Å². The molecule has 2 nitrogen and oxygen atoms in total. The molecule has 52 valence electrons. The fourth-order valence-electron chi connectivity index (χ4n) is 0.889. The van der Waals surface area contributed by atoms with Gasteiger partial charge in [0.15, 0.2) is 6.40 Å². The van der Waals surface area contributed by atoms with Crippen LogP contribution in [0.15, 0.2) is 4.99 Å². The van der Waals surface area contributed by atoms with E-state index in [4.69, 9.17) is 4.74 Å². The second-order valence-corrected chi connectivity index (χ2v) is 2.54. The zero-order chi connectivity index (χ0) is 6.69. The maximum atomic E-state index is 4.99. The average Bonchev–Trinajstić information content (AvgIpc) is 2.37. The van der Waals surface area contributed by atoms with Crippen LogP contribution >= 0.6 is 0 Å². The van der Waals surface area contributed by atoms with Crippen molar-refractivity contribution < 1.29 is 4.74 Å². The van der Waals surface area contributed by atoms with E-state index in [1.165, 1.54) is 6.42 Å². The third kappa shape index (κ3) is 1.44. The van der Waals surface area contributed by atoms with Gasteiger partial charge in [-0.15, -0.1) is 0 Å². The molecular formula is C7H13NO. The summed E-state index contributed by atoms with van der Waals surface area (Å²) in [6, 6.07) is 0.426. The fraction of sp³-hybridized carbons (Fsp3) is 0.857. The van der Waals surface area contributed by atoms with Crippen LogP contribution in [0, 0.1) is 5.92 Å². The molecule has 0 aromatic carbocycles. The molecule has 2 heteroatoms. The third-order valence-corrected chi connectivity index (χ3v) is 1.89. The molecule has 0 amide bonds. The number of aliphatic imine (C=N–C) groups is 1. The summed E-state index contributed by atoms with van der Waals surface area (Å²) in [4.78, 5) is 4.16. The second kappa shape index (κ2) is 2.85. The van der Waals surface area contributed by atoms with Gasteiger partial charge in [-0.25, -0.2) is 0 Å². The Bertz CT molecular complexity index is 111. The summed E-state index contributed by atoms with van der Waals surface area (Å²) in [6.07, 6.45) is 2.75. The van der Waals surface area contributed by atoms with E-state index in [1.54, 1.807) is 6.40 Å². The molecule has 0 N–H and O–H groups in total. The quantitative estimate of drug-likeness (QED) is 0.550. The Morgan fingerprint density at radius 3 is 3.11 bits per heavy atom. The van der Waals surface area contributed by atoms with Crippen molar-refractivity contribution in [1.82, 2.24) is 0 Å². The van der Waals surface area contributed by atoms with Gasteiger partial charge >= 0.3 is 0 Å². The van der Waals surface area contributed by atoms with E-state index in [0.29, 0.717) is 12.0 Å². The minimum Gasteiger partial charge on any atom is -0.481 e. The first kappa shape index (κ1) is 6.59. The molecule has 2 atom stereocenters. The smallest absolute Gasteiger partial charge is 0.169 e. The Morgan fingerprint density at radius 2 is 2.67 bits per heavy atom. The molecule has 0 aromatic rings. The highest BCUT2D eigenvalue weighted by atomic mass is 16.5. The van der Waals surface area contributed by atoms with Gasteiger partial charge in [-0.05, 0) is 5.92 Å². The van der Waals surface area contributed by atoms with Gasteiger partial charge in [0.2, 0.25) is 0 Å². The molecule has 9 heavy (non-hydrogen) atoms. The molecule has 0 aliphatic carbocycles. The minimum absolute atomic E-state index is 0.426. The van der Waals surface area contributed by atoms with Crippen molar-refractivity contribution in [3.05, 3.63) is 0 Å². The van der Waals surface area contributed by atoms with Crippen LogP contribution in [0.3, 0.4) is 0 Å². The summed E-state index contributed by atoms with van der Waals surface area (Å²) in [5.74, 6) is 0.670. The van der Waals surface area contributed by atoms with Crippen molar-refractivity contribution in [1.29, 1.82) is 0 Å². The van der Waals surface area contributed by atoms with Crippen molar-refractivity contribution in [3.8, 4) is 0 Å². The van der Waals surface area contributed by atoms with Crippen LogP contribution in [0.2, 0.25) is 0 Å². The van der Waals surface area contributed by atoms with Crippen molar-refractivity contribution in [2.45, 2.75) is 26.3 Å². The number of rotatable bonds is 2. The molecule has 0 saturated carbocycles. The highest BCUT2D eigenvalue weighted by molar-refractivity contribution is 5.48. The molecule has 0 aromatic heterocycles. The van der Waals surface area contributed by atoms with Crippen molar-refractivity contribution in [2.75, 3.05) is 6.61 Å². The Labute approximate surface area is 55.9 Å². The maximum absolute atomic E-state index is 4.99. The van der Waals surface area contributed by atoms with Gasteiger partial charge in [0.05, 0.1) is 6.04 Å². The Kier molecular flexibility index (Phi) is 2.09. The summed E-state index contributed by atoms with van der Waals surface area (Å²) >= 11 is 0. The van der Waals surface area contributed by atoms with Gasteiger partial charge in [-0.2, -0.15) is 0 Å².